The number of carboxylic acid groups (broad SMARTS) is 1. The normalized spacial score (nSPS) is 8.79. The van der Waals surface area contributed by atoms with Gasteiger partial charge in [0, 0.05) is 0 Å². The van der Waals surface area contributed by atoms with Gasteiger partial charge in [-0.1, -0.05) is 19.1 Å². The second-order valence-corrected chi connectivity index (χ2v) is 2.69. The number of rotatable bonds is 2. The summed E-state index contributed by atoms with van der Waals surface area (Å²) >= 11 is 4.53. The number of aryl methyl sites for hydroxylation is 1. The zero-order chi connectivity index (χ0) is 11.0. The molecule has 0 aliphatic heterocycles. The Kier molecular flexibility index (Phi) is 6.74. The molecule has 0 saturated heterocycles. The average Bonchev–Trinajstić information content (AvgIpc) is 2.19. The quantitative estimate of drug-likeness (QED) is 0.398. The number of carbonyl (C=O) groups is 1. The van der Waals surface area contributed by atoms with Crippen molar-refractivity contribution in [3.05, 3.63) is 35.4 Å². The maximum absolute atomic E-state index is 10.5. The molecule has 5 heteroatoms. The zero-order valence-electron chi connectivity index (χ0n) is 7.83. The van der Waals surface area contributed by atoms with Gasteiger partial charge in [0.15, 0.2) is 0 Å². The molecule has 78 valence electrons. The second kappa shape index (κ2) is 7.32. The third kappa shape index (κ3) is 4.81. The number of nitrogens with one attached hydrogen (secondary N) is 1. The van der Waals surface area contributed by atoms with Crippen LogP contribution in [0.4, 0.5) is 0 Å². The minimum atomic E-state index is -0.861. The molecule has 0 amide bonds. The molecule has 0 aliphatic rings. The van der Waals surface area contributed by atoms with Crippen LogP contribution in [0, 0.1) is 0 Å². The lowest BCUT2D eigenvalue weighted by Crippen LogP contribution is -2.05. The van der Waals surface area contributed by atoms with E-state index in [9.17, 15) is 4.79 Å². The van der Waals surface area contributed by atoms with Gasteiger partial charge in [-0.15, -0.1) is 0 Å². The van der Waals surface area contributed by atoms with Crippen molar-refractivity contribution in [1.29, 1.82) is 0 Å². The molecule has 0 unspecified atom stereocenters. The molecule has 0 aliphatic carbocycles. The standard InChI is InChI=1S/C9H10O2.ClH3N2/c1-2-7-4-3-5-8(6-7)9(10)11;1-3-2/h3-6H,2H2,1H3,(H,10,11);3H,2H2. The van der Waals surface area contributed by atoms with Gasteiger partial charge < -0.3 is 5.11 Å². The molecule has 0 heterocycles. The average molecular weight is 217 g/mol. The SMILES string of the molecule is CCc1cccc(C(=O)O)c1.NNCl. The summed E-state index contributed by atoms with van der Waals surface area (Å²) in [4.78, 5) is 12.2. The van der Waals surface area contributed by atoms with Crippen LogP contribution in [0.25, 0.3) is 0 Å². The fourth-order valence-corrected chi connectivity index (χ4v) is 0.924. The topological polar surface area (TPSA) is 75.3 Å². The maximum Gasteiger partial charge on any atom is 0.335 e. The highest BCUT2D eigenvalue weighted by molar-refractivity contribution is 6.12. The van der Waals surface area contributed by atoms with Gasteiger partial charge in [-0.3, -0.25) is 5.84 Å². The number of hydrazine groups is 1. The highest BCUT2D eigenvalue weighted by atomic mass is 35.5. The number of benzene rings is 1. The van der Waals surface area contributed by atoms with E-state index in [4.69, 9.17) is 5.11 Å². The van der Waals surface area contributed by atoms with Crippen LogP contribution in [0.15, 0.2) is 24.3 Å². The van der Waals surface area contributed by atoms with Crippen LogP contribution in [-0.4, -0.2) is 11.1 Å². The minimum Gasteiger partial charge on any atom is -0.478 e. The van der Waals surface area contributed by atoms with Crippen molar-refractivity contribution in [2.45, 2.75) is 13.3 Å². The van der Waals surface area contributed by atoms with E-state index in [0.717, 1.165) is 12.0 Å². The maximum atomic E-state index is 10.5. The van der Waals surface area contributed by atoms with Gasteiger partial charge in [-0.2, -0.15) is 4.94 Å². The number of nitrogens with two attached hydrogens (primary N) is 1. The van der Waals surface area contributed by atoms with Gasteiger partial charge in [0.25, 0.3) is 0 Å². The van der Waals surface area contributed by atoms with Crippen molar-refractivity contribution in [3.63, 3.8) is 0 Å². The van der Waals surface area contributed by atoms with Crippen LogP contribution in [0.1, 0.15) is 22.8 Å². The van der Waals surface area contributed by atoms with Crippen molar-refractivity contribution in [2.24, 2.45) is 5.84 Å². The lowest BCUT2D eigenvalue weighted by molar-refractivity contribution is 0.0697. The Hall–Kier alpha value is -1.10. The van der Waals surface area contributed by atoms with Crippen LogP contribution in [-0.2, 0) is 6.42 Å². The van der Waals surface area contributed by atoms with E-state index in [1.54, 1.807) is 23.1 Å². The van der Waals surface area contributed by atoms with Gasteiger partial charge in [0.2, 0.25) is 0 Å². The first-order chi connectivity index (χ1) is 6.65. The van der Waals surface area contributed by atoms with Crippen LogP contribution >= 0.6 is 11.8 Å². The molecular weight excluding hydrogens is 204 g/mol. The van der Waals surface area contributed by atoms with Gasteiger partial charge >= 0.3 is 5.97 Å². The van der Waals surface area contributed by atoms with Gasteiger partial charge in [0.05, 0.1) is 5.56 Å². The molecule has 0 aromatic heterocycles. The first kappa shape index (κ1) is 12.9. The van der Waals surface area contributed by atoms with Crippen molar-refractivity contribution < 1.29 is 9.90 Å². The molecule has 0 saturated carbocycles. The zero-order valence-corrected chi connectivity index (χ0v) is 8.58. The van der Waals surface area contributed by atoms with Crippen LogP contribution in [0.2, 0.25) is 0 Å². The molecule has 0 bridgehead atoms. The fourth-order valence-electron chi connectivity index (χ4n) is 0.924. The second-order valence-electron chi connectivity index (χ2n) is 2.47. The van der Waals surface area contributed by atoms with E-state index < -0.39 is 5.97 Å². The fraction of sp³-hybridized carbons (Fsp3) is 0.222. The Morgan fingerprint density at radius 2 is 2.21 bits per heavy atom. The summed E-state index contributed by atoms with van der Waals surface area (Å²) < 4.78 is 0. The molecule has 4 nitrogen and oxygen atoms in total. The number of halogens is 1. The number of aromatic carboxylic acids is 1. The van der Waals surface area contributed by atoms with E-state index in [0.29, 0.717) is 5.56 Å². The van der Waals surface area contributed by atoms with Gasteiger partial charge in [0.1, 0.15) is 0 Å². The smallest absolute Gasteiger partial charge is 0.335 e. The lowest BCUT2D eigenvalue weighted by Gasteiger charge is -1.97. The number of carboxylic acids is 1. The van der Waals surface area contributed by atoms with Gasteiger partial charge in [-0.25, -0.2) is 4.79 Å². The molecule has 4 N–H and O–H groups in total. The third-order valence-electron chi connectivity index (χ3n) is 1.58. The Labute approximate surface area is 87.8 Å². The summed E-state index contributed by atoms with van der Waals surface area (Å²) in [6.45, 7) is 2.00. The van der Waals surface area contributed by atoms with Crippen molar-refractivity contribution in [1.82, 2.24) is 4.94 Å². The largest absolute Gasteiger partial charge is 0.478 e. The number of hydrogen-bond donors (Lipinski definition) is 3. The van der Waals surface area contributed by atoms with E-state index in [1.165, 1.54) is 0 Å². The summed E-state index contributed by atoms with van der Waals surface area (Å²) in [7, 11) is 0. The summed E-state index contributed by atoms with van der Waals surface area (Å²) in [5.41, 5.74) is 1.43. The first-order valence-electron chi connectivity index (χ1n) is 4.04. The molecule has 1 aromatic carbocycles. The highest BCUT2D eigenvalue weighted by Crippen LogP contribution is 2.05. The molecule has 1 aromatic rings. The lowest BCUT2D eigenvalue weighted by atomic mass is 10.1. The first-order valence-corrected chi connectivity index (χ1v) is 4.42. The molecular formula is C9H13ClN2O2. The van der Waals surface area contributed by atoms with E-state index in [-0.39, 0.29) is 0 Å². The molecule has 14 heavy (non-hydrogen) atoms. The van der Waals surface area contributed by atoms with Crippen molar-refractivity contribution in [2.75, 3.05) is 0 Å². The highest BCUT2D eigenvalue weighted by Gasteiger charge is 2.00. The molecule has 0 spiro atoms. The summed E-state index contributed by atoms with van der Waals surface area (Å²) in [5.74, 6) is 3.50. The molecule has 0 fully saturated rings. The van der Waals surface area contributed by atoms with Gasteiger partial charge in [-0.05, 0) is 35.9 Å². The number of hydrogen-bond acceptors (Lipinski definition) is 3. The third-order valence-corrected chi connectivity index (χ3v) is 1.58. The van der Waals surface area contributed by atoms with E-state index in [2.05, 4.69) is 17.6 Å². The van der Waals surface area contributed by atoms with Crippen LogP contribution in [0.3, 0.4) is 0 Å². The Balaban J connectivity index is 0.000000500. The van der Waals surface area contributed by atoms with Crippen molar-refractivity contribution >= 4 is 17.7 Å². The Morgan fingerprint density at radius 1 is 1.64 bits per heavy atom. The molecule has 0 radical (unpaired) electrons. The van der Waals surface area contributed by atoms with E-state index in [1.807, 2.05) is 13.0 Å². The van der Waals surface area contributed by atoms with Crippen LogP contribution in [0.5, 0.6) is 0 Å². The predicted octanol–water partition coefficient (Wildman–Crippen LogP) is 1.55. The van der Waals surface area contributed by atoms with Crippen LogP contribution < -0.4 is 10.8 Å². The van der Waals surface area contributed by atoms with Crippen molar-refractivity contribution in [3.8, 4) is 0 Å². The Bertz CT molecular complexity index is 292. The van der Waals surface area contributed by atoms with E-state index >= 15 is 0 Å². The predicted molar refractivity (Wildman–Crippen MR) is 56.0 cm³/mol. The summed E-state index contributed by atoms with van der Waals surface area (Å²) in [6, 6.07) is 6.98. The molecule has 1 rings (SSSR count). The monoisotopic (exact) mass is 216 g/mol. The minimum absolute atomic E-state index is 0.365. The molecule has 0 atom stereocenters. The summed E-state index contributed by atoms with van der Waals surface area (Å²) in [6.07, 6.45) is 0.876. The summed E-state index contributed by atoms with van der Waals surface area (Å²) in [5, 5.41) is 8.60. The Morgan fingerprint density at radius 3 is 2.64 bits per heavy atom.